The largest absolute Gasteiger partial charge is 0.501 e. The molecule has 0 amide bonds. The summed E-state index contributed by atoms with van der Waals surface area (Å²) in [7, 11) is 1.79. The zero-order valence-corrected chi connectivity index (χ0v) is 37.3. The van der Waals surface area contributed by atoms with E-state index in [9.17, 15) is 4.79 Å². The van der Waals surface area contributed by atoms with E-state index in [-0.39, 0.29) is 104 Å². The Labute approximate surface area is 311 Å². The summed E-state index contributed by atoms with van der Waals surface area (Å²) in [6, 6.07) is 0. The van der Waals surface area contributed by atoms with Gasteiger partial charge in [0, 0.05) is 111 Å². The normalized spacial score (nSPS) is 6.69. The van der Waals surface area contributed by atoms with E-state index in [4.69, 9.17) is 0 Å². The molecule has 0 saturated heterocycles. The number of thiocarbonyl (C=S) groups is 1. The summed E-state index contributed by atoms with van der Waals surface area (Å²) in [6.45, 7) is 37.5. The predicted molar refractivity (Wildman–Crippen MR) is 163 cm³/mol. The SMILES string of the molecule is CC(C)=C(C)C.CC(C)=O.CC(C)=S.CN=C(C)C.C[C-](C)C.C[C-]=C(C)C.C[C-]=C(C)C.[Y].[Y].[Y]. The Balaban J connectivity index is -0.0000000271. The average Bonchev–Trinajstić information content (AvgIpc) is 2.61. The Morgan fingerprint density at radius 3 is 0.694 bits per heavy atom. The molecule has 0 aromatic rings. The Kier molecular flexibility index (Phi) is 105. The van der Waals surface area contributed by atoms with Crippen molar-refractivity contribution < 1.29 is 103 Å². The Morgan fingerprint density at radius 2 is 0.694 bits per heavy atom. The maximum atomic E-state index is 9.44. The standard InChI is InChI=1S/C6H12.2C5H9.C4H9N.C4H9.C3H6O.C3H6S.3Y/c1-5(2)6(3)4;2*1-4-5(2)3;1-4(2)5-3;1-4(2)3;2*1-3(2)4;;;/h1-4H3;3*1-3H3;1-3H3;2*1-2H3;;;/q;2*-1;;-1;;;;;. The minimum absolute atomic E-state index is 0. The number of rotatable bonds is 0. The maximum Gasteiger partial charge on any atom is 0.126 e. The van der Waals surface area contributed by atoms with Crippen LogP contribution >= 0.6 is 12.2 Å². The van der Waals surface area contributed by atoms with Crippen LogP contribution in [-0.2, 0) is 103 Å². The first-order valence-electron chi connectivity index (χ1n) is 11.3. The second-order valence-electron chi connectivity index (χ2n) is 8.99. The molecule has 36 heavy (non-hydrogen) atoms. The van der Waals surface area contributed by atoms with Gasteiger partial charge in [-0.3, -0.25) is 16.1 Å². The Hall–Kier alpha value is 1.96. The summed E-state index contributed by atoms with van der Waals surface area (Å²) in [5.74, 6) is 1.58. The van der Waals surface area contributed by atoms with Crippen molar-refractivity contribution >= 4 is 28.6 Å². The van der Waals surface area contributed by atoms with Crippen LogP contribution in [0.2, 0.25) is 0 Å². The van der Waals surface area contributed by atoms with Crippen LogP contribution in [0.5, 0.6) is 0 Å². The molecule has 0 aliphatic carbocycles. The molecular weight excluding hydrogens is 689 g/mol. The van der Waals surface area contributed by atoms with Crippen LogP contribution < -0.4 is 0 Å². The molecule has 0 rings (SSSR count). The second-order valence-corrected chi connectivity index (χ2v) is 9.80. The molecule has 0 aliphatic rings. The molecule has 3 radical (unpaired) electrons. The number of hydrogen-bond donors (Lipinski definition) is 0. The maximum absolute atomic E-state index is 9.44. The first kappa shape index (κ1) is 66.3. The molecule has 0 aromatic carbocycles. The van der Waals surface area contributed by atoms with Gasteiger partial charge >= 0.3 is 0 Å². The molecule has 0 heterocycles. The number of allylic oxidation sites excluding steroid dienone is 6. The van der Waals surface area contributed by atoms with Crippen molar-refractivity contribution in [2.75, 3.05) is 7.05 Å². The fourth-order valence-electron chi connectivity index (χ4n) is 0. The van der Waals surface area contributed by atoms with Gasteiger partial charge in [0.05, 0.1) is 0 Å². The van der Waals surface area contributed by atoms with E-state index in [0.717, 1.165) is 10.6 Å². The summed E-state index contributed by atoms with van der Waals surface area (Å²) in [5.41, 5.74) is 6.49. The zero-order valence-electron chi connectivity index (χ0n) is 28.0. The van der Waals surface area contributed by atoms with Crippen LogP contribution in [0.25, 0.3) is 0 Å². The number of hydrogen-bond acceptors (Lipinski definition) is 3. The third-order valence-corrected chi connectivity index (χ3v) is 2.45. The van der Waals surface area contributed by atoms with E-state index in [0.29, 0.717) is 0 Å². The molecule has 209 valence electrons. The molecule has 0 fully saturated rings. The smallest absolute Gasteiger partial charge is 0.126 e. The monoisotopic (exact) mass is 749 g/mol. The minimum Gasteiger partial charge on any atom is -0.501 e. The topological polar surface area (TPSA) is 29.4 Å². The van der Waals surface area contributed by atoms with Crippen molar-refractivity contribution in [3.05, 3.63) is 40.4 Å². The van der Waals surface area contributed by atoms with Crippen molar-refractivity contribution in [2.24, 2.45) is 4.99 Å². The van der Waals surface area contributed by atoms with Crippen molar-refractivity contribution in [3.8, 4) is 0 Å². The number of carbonyl (C=O) groups is 1. The predicted octanol–water partition coefficient (Wildman–Crippen LogP) is 10.6. The van der Waals surface area contributed by atoms with Crippen LogP contribution in [0.1, 0.15) is 132 Å². The van der Waals surface area contributed by atoms with Crippen molar-refractivity contribution in [1.82, 2.24) is 0 Å². The van der Waals surface area contributed by atoms with Crippen molar-refractivity contribution in [2.45, 2.75) is 132 Å². The number of carbonyl (C=O) groups excluding carboxylic acids is 1. The van der Waals surface area contributed by atoms with E-state index < -0.39 is 0 Å². The average molecular weight is 750 g/mol. The van der Waals surface area contributed by atoms with Crippen LogP contribution in [0.3, 0.4) is 0 Å². The summed E-state index contributed by atoms with van der Waals surface area (Å²) in [4.78, 5) is 14.2. The van der Waals surface area contributed by atoms with Gasteiger partial charge in [-0.15, -0.1) is 0 Å². The molecule has 0 atom stereocenters. The third-order valence-electron chi connectivity index (χ3n) is 2.45. The fraction of sp³-hybridized carbons (Fsp3) is 0.667. The second kappa shape index (κ2) is 57.0. The van der Waals surface area contributed by atoms with Crippen LogP contribution in [0.4, 0.5) is 0 Å². The molecule has 0 aliphatic heterocycles. The van der Waals surface area contributed by atoms with Crippen LogP contribution in [0, 0.1) is 18.1 Å². The summed E-state index contributed by atoms with van der Waals surface area (Å²) < 4.78 is 0. The van der Waals surface area contributed by atoms with Gasteiger partial charge in [0.25, 0.3) is 0 Å². The zero-order chi connectivity index (χ0) is 28.7. The van der Waals surface area contributed by atoms with Crippen LogP contribution in [0.15, 0.2) is 27.3 Å². The number of aliphatic imine (C=N–C) groups is 1. The third kappa shape index (κ3) is 307. The van der Waals surface area contributed by atoms with E-state index in [1.165, 1.54) is 42.1 Å². The Morgan fingerprint density at radius 1 is 0.611 bits per heavy atom. The number of nitrogens with zero attached hydrogens (tertiary/aromatic N) is 1. The molecule has 0 spiro atoms. The number of Topliss-reactive ketones (excluding diaryl/α,β-unsaturated/α-hetero) is 1. The molecule has 0 N–H and O–H groups in total. The van der Waals surface area contributed by atoms with Gasteiger partial charge in [-0.2, -0.15) is 34.6 Å². The molecule has 0 aromatic heterocycles. The van der Waals surface area contributed by atoms with Gasteiger partial charge in [-0.1, -0.05) is 51.1 Å². The van der Waals surface area contributed by atoms with Crippen molar-refractivity contribution in [1.29, 1.82) is 0 Å². The summed E-state index contributed by atoms with van der Waals surface area (Å²) >= 11 is 4.54. The van der Waals surface area contributed by atoms with E-state index in [2.05, 4.69) is 77.8 Å². The first-order valence-corrected chi connectivity index (χ1v) is 11.7. The molecular formula is C30H60NOSY3-3. The van der Waals surface area contributed by atoms with Gasteiger partial charge in [-0.05, 0) is 74.1 Å². The molecule has 0 bridgehead atoms. The van der Waals surface area contributed by atoms with Crippen LogP contribution in [-0.4, -0.2) is 23.4 Å². The molecule has 6 heteroatoms. The van der Waals surface area contributed by atoms with Gasteiger partial charge < -0.3 is 22.9 Å². The van der Waals surface area contributed by atoms with Gasteiger partial charge in [0.2, 0.25) is 0 Å². The van der Waals surface area contributed by atoms with E-state index in [1.807, 2.05) is 69.2 Å². The first-order chi connectivity index (χ1) is 14.6. The molecule has 0 unspecified atom stereocenters. The van der Waals surface area contributed by atoms with Gasteiger partial charge in [0.1, 0.15) is 5.78 Å². The van der Waals surface area contributed by atoms with Crippen molar-refractivity contribution in [3.63, 3.8) is 0 Å². The quantitative estimate of drug-likeness (QED) is 0.107. The minimum atomic E-state index is 0. The number of ketones is 1. The van der Waals surface area contributed by atoms with E-state index >= 15 is 0 Å². The Bertz CT molecular complexity index is 472. The summed E-state index contributed by atoms with van der Waals surface area (Å²) in [5, 5.41) is 0. The van der Waals surface area contributed by atoms with Gasteiger partial charge in [-0.25, -0.2) is 0 Å². The van der Waals surface area contributed by atoms with Gasteiger partial charge in [0.15, 0.2) is 0 Å². The summed E-state index contributed by atoms with van der Waals surface area (Å²) in [6.07, 6.45) is 5.89. The molecule has 0 saturated carbocycles. The van der Waals surface area contributed by atoms with E-state index in [1.54, 1.807) is 7.05 Å². The fourth-order valence-corrected chi connectivity index (χ4v) is 0. The molecule has 2 nitrogen and oxygen atoms in total.